The molecule has 0 saturated heterocycles. The zero-order chi connectivity index (χ0) is 11.9. The van der Waals surface area contributed by atoms with Crippen molar-refractivity contribution < 1.29 is 14.3 Å². The second-order valence-corrected chi connectivity index (χ2v) is 4.15. The average Bonchev–Trinajstić information content (AvgIpc) is 2.67. The van der Waals surface area contributed by atoms with Gasteiger partial charge in [-0.05, 0) is 39.0 Å². The van der Waals surface area contributed by atoms with E-state index in [1.807, 2.05) is 0 Å². The first-order valence-corrected chi connectivity index (χ1v) is 5.87. The van der Waals surface area contributed by atoms with Crippen molar-refractivity contribution in [3.8, 4) is 11.8 Å². The third kappa shape index (κ3) is 3.86. The fourth-order valence-corrected chi connectivity index (χ4v) is 2.06. The summed E-state index contributed by atoms with van der Waals surface area (Å²) in [6.07, 6.45) is 5.08. The molecular weight excluding hydrogens is 204 g/mol. The van der Waals surface area contributed by atoms with E-state index >= 15 is 0 Å². The molecule has 0 heterocycles. The SMILES string of the molecule is CC#CC1(OC(=O)CCCOC)CCCC1. The topological polar surface area (TPSA) is 35.5 Å². The fraction of sp³-hybridized carbons (Fsp3) is 0.769. The minimum Gasteiger partial charge on any atom is -0.446 e. The van der Waals surface area contributed by atoms with E-state index in [1.54, 1.807) is 14.0 Å². The van der Waals surface area contributed by atoms with Crippen LogP contribution < -0.4 is 0 Å². The van der Waals surface area contributed by atoms with Crippen molar-refractivity contribution in [3.63, 3.8) is 0 Å². The van der Waals surface area contributed by atoms with E-state index in [4.69, 9.17) is 9.47 Å². The summed E-state index contributed by atoms with van der Waals surface area (Å²) in [5.74, 6) is 5.77. The number of esters is 1. The number of hydrogen-bond donors (Lipinski definition) is 0. The van der Waals surface area contributed by atoms with Crippen LogP contribution in [0.5, 0.6) is 0 Å². The van der Waals surface area contributed by atoms with Gasteiger partial charge in [0.1, 0.15) is 0 Å². The van der Waals surface area contributed by atoms with Crippen LogP contribution in [0.2, 0.25) is 0 Å². The van der Waals surface area contributed by atoms with E-state index in [1.165, 1.54) is 0 Å². The Morgan fingerprint density at radius 3 is 2.62 bits per heavy atom. The van der Waals surface area contributed by atoms with Gasteiger partial charge in [0.2, 0.25) is 0 Å². The molecule has 1 aliphatic carbocycles. The summed E-state index contributed by atoms with van der Waals surface area (Å²) in [6, 6.07) is 0. The Kier molecular flexibility index (Phi) is 5.34. The zero-order valence-corrected chi connectivity index (χ0v) is 10.2. The standard InChI is InChI=1S/C13H20O3/c1-3-8-13(9-4-5-10-13)16-12(14)7-6-11-15-2/h4-7,9-11H2,1-2H3. The van der Waals surface area contributed by atoms with Gasteiger partial charge in [-0.1, -0.05) is 5.92 Å². The number of carbonyl (C=O) groups is 1. The molecule has 16 heavy (non-hydrogen) atoms. The number of hydrogen-bond acceptors (Lipinski definition) is 3. The summed E-state index contributed by atoms with van der Waals surface area (Å²) in [6.45, 7) is 2.39. The van der Waals surface area contributed by atoms with Gasteiger partial charge in [0.25, 0.3) is 0 Å². The molecule has 0 bridgehead atoms. The smallest absolute Gasteiger partial charge is 0.307 e. The number of ether oxygens (including phenoxy) is 2. The number of carbonyl (C=O) groups excluding carboxylic acids is 1. The van der Waals surface area contributed by atoms with Crippen LogP contribution in [0.1, 0.15) is 45.4 Å². The van der Waals surface area contributed by atoms with Crippen LogP contribution in [0.15, 0.2) is 0 Å². The Labute approximate surface area is 97.5 Å². The zero-order valence-electron chi connectivity index (χ0n) is 10.2. The molecule has 0 unspecified atom stereocenters. The molecule has 0 aromatic carbocycles. The summed E-state index contributed by atoms with van der Waals surface area (Å²) in [5.41, 5.74) is -0.487. The van der Waals surface area contributed by atoms with Gasteiger partial charge in [0.05, 0.1) is 0 Å². The van der Waals surface area contributed by atoms with E-state index in [-0.39, 0.29) is 5.97 Å². The maximum Gasteiger partial charge on any atom is 0.307 e. The normalized spacial score (nSPS) is 17.6. The van der Waals surface area contributed by atoms with Crippen molar-refractivity contribution in [2.75, 3.05) is 13.7 Å². The lowest BCUT2D eigenvalue weighted by Gasteiger charge is -2.23. The van der Waals surface area contributed by atoms with Crippen LogP contribution in [0.3, 0.4) is 0 Å². The molecule has 1 saturated carbocycles. The Morgan fingerprint density at radius 2 is 2.06 bits per heavy atom. The van der Waals surface area contributed by atoms with Crippen LogP contribution in [0.4, 0.5) is 0 Å². The highest BCUT2D eigenvalue weighted by Gasteiger charge is 2.35. The van der Waals surface area contributed by atoms with E-state index in [2.05, 4.69) is 11.8 Å². The monoisotopic (exact) mass is 224 g/mol. The number of methoxy groups -OCH3 is 1. The predicted octanol–water partition coefficient (Wildman–Crippen LogP) is 2.29. The minimum atomic E-state index is -0.487. The van der Waals surface area contributed by atoms with Crippen molar-refractivity contribution in [3.05, 3.63) is 0 Å². The molecule has 0 radical (unpaired) electrons. The highest BCUT2D eigenvalue weighted by molar-refractivity contribution is 5.70. The van der Waals surface area contributed by atoms with Gasteiger partial charge in [0.15, 0.2) is 5.60 Å². The average molecular weight is 224 g/mol. The second-order valence-electron chi connectivity index (χ2n) is 4.15. The van der Waals surface area contributed by atoms with Crippen LogP contribution in [-0.2, 0) is 14.3 Å². The maximum absolute atomic E-state index is 11.6. The largest absolute Gasteiger partial charge is 0.446 e. The van der Waals surface area contributed by atoms with Crippen molar-refractivity contribution in [1.29, 1.82) is 0 Å². The lowest BCUT2D eigenvalue weighted by molar-refractivity contribution is -0.154. The summed E-state index contributed by atoms with van der Waals surface area (Å²) < 4.78 is 10.4. The molecule has 1 fully saturated rings. The van der Waals surface area contributed by atoms with Crippen molar-refractivity contribution in [2.24, 2.45) is 0 Å². The molecule has 3 nitrogen and oxygen atoms in total. The highest BCUT2D eigenvalue weighted by Crippen LogP contribution is 2.33. The van der Waals surface area contributed by atoms with Crippen LogP contribution in [0.25, 0.3) is 0 Å². The molecule has 1 aliphatic rings. The molecule has 0 atom stereocenters. The fourth-order valence-electron chi connectivity index (χ4n) is 2.06. The van der Waals surface area contributed by atoms with Gasteiger partial charge in [-0.25, -0.2) is 0 Å². The molecule has 0 N–H and O–H groups in total. The highest BCUT2D eigenvalue weighted by atomic mass is 16.6. The Hall–Kier alpha value is -1.01. The molecule has 0 amide bonds. The van der Waals surface area contributed by atoms with Gasteiger partial charge >= 0.3 is 5.97 Å². The van der Waals surface area contributed by atoms with Gasteiger partial charge in [-0.2, -0.15) is 0 Å². The number of rotatable bonds is 5. The second kappa shape index (κ2) is 6.55. The summed E-state index contributed by atoms with van der Waals surface area (Å²) in [7, 11) is 1.63. The third-order valence-electron chi connectivity index (χ3n) is 2.80. The first kappa shape index (κ1) is 13.1. The van der Waals surface area contributed by atoms with Crippen LogP contribution in [0, 0.1) is 11.8 Å². The predicted molar refractivity (Wildman–Crippen MR) is 61.9 cm³/mol. The van der Waals surface area contributed by atoms with E-state index < -0.39 is 5.60 Å². The quantitative estimate of drug-likeness (QED) is 0.408. The maximum atomic E-state index is 11.6. The molecular formula is C13H20O3. The van der Waals surface area contributed by atoms with E-state index in [0.717, 1.165) is 25.7 Å². The van der Waals surface area contributed by atoms with Crippen LogP contribution in [-0.4, -0.2) is 25.3 Å². The van der Waals surface area contributed by atoms with Gasteiger partial charge < -0.3 is 9.47 Å². The lowest BCUT2D eigenvalue weighted by atomic mass is 10.0. The van der Waals surface area contributed by atoms with Gasteiger partial charge in [-0.15, -0.1) is 5.92 Å². The molecule has 90 valence electrons. The van der Waals surface area contributed by atoms with Crippen molar-refractivity contribution in [2.45, 2.75) is 51.0 Å². The van der Waals surface area contributed by atoms with Crippen molar-refractivity contribution in [1.82, 2.24) is 0 Å². The Bertz CT molecular complexity index is 279. The van der Waals surface area contributed by atoms with Crippen molar-refractivity contribution >= 4 is 5.97 Å². The first-order valence-electron chi connectivity index (χ1n) is 5.87. The molecule has 0 aliphatic heterocycles. The Morgan fingerprint density at radius 1 is 1.38 bits per heavy atom. The molecule has 0 spiro atoms. The molecule has 1 rings (SSSR count). The Balaban J connectivity index is 2.42. The summed E-state index contributed by atoms with van der Waals surface area (Å²) in [4.78, 5) is 11.6. The molecule has 0 aromatic heterocycles. The first-order chi connectivity index (χ1) is 7.72. The summed E-state index contributed by atoms with van der Waals surface area (Å²) >= 11 is 0. The third-order valence-corrected chi connectivity index (χ3v) is 2.80. The van der Waals surface area contributed by atoms with Gasteiger partial charge in [0, 0.05) is 20.1 Å². The van der Waals surface area contributed by atoms with Gasteiger partial charge in [-0.3, -0.25) is 4.79 Å². The lowest BCUT2D eigenvalue weighted by Crippen LogP contribution is -2.30. The summed E-state index contributed by atoms with van der Waals surface area (Å²) in [5, 5.41) is 0. The van der Waals surface area contributed by atoms with Crippen LogP contribution >= 0.6 is 0 Å². The minimum absolute atomic E-state index is 0.151. The molecule has 3 heteroatoms. The van der Waals surface area contributed by atoms with E-state index in [9.17, 15) is 4.79 Å². The molecule has 0 aromatic rings. The van der Waals surface area contributed by atoms with E-state index in [0.29, 0.717) is 19.4 Å².